The molecule has 0 aromatic rings. The van der Waals surface area contributed by atoms with Crippen LogP contribution in [0.4, 0.5) is 0 Å². The van der Waals surface area contributed by atoms with Crippen molar-refractivity contribution >= 4 is 13.7 Å². The summed E-state index contributed by atoms with van der Waals surface area (Å²) in [5.41, 5.74) is 0. The van der Waals surface area contributed by atoms with Gasteiger partial charge < -0.3 is 19.8 Å². The van der Waals surface area contributed by atoms with E-state index in [1.54, 1.807) is 6.08 Å². The summed E-state index contributed by atoms with van der Waals surface area (Å²) in [6.45, 7) is 4.85. The van der Waals surface area contributed by atoms with Crippen LogP contribution in [0.5, 0.6) is 0 Å². The summed E-state index contributed by atoms with van der Waals surface area (Å²) in [7, 11) is 1.58. The number of carbonyl (C=O) groups excluding carboxylic acids is 1. The third kappa shape index (κ3) is 64.0. The lowest BCUT2D eigenvalue weighted by molar-refractivity contribution is -0.870. The van der Waals surface area contributed by atoms with E-state index in [1.807, 2.05) is 27.2 Å². The van der Waals surface area contributed by atoms with Crippen LogP contribution in [-0.2, 0) is 18.4 Å². The average molecular weight is 1150 g/mol. The number of allylic oxidation sites excluding steroid dienone is 7. The second-order valence-electron chi connectivity index (χ2n) is 25.3. The zero-order valence-corrected chi connectivity index (χ0v) is 55.0. The lowest BCUT2D eigenvalue weighted by atomic mass is 10.0. The molecule has 0 fully saturated rings. The third-order valence-corrected chi connectivity index (χ3v) is 17.0. The highest BCUT2D eigenvalue weighted by molar-refractivity contribution is 7.47. The highest BCUT2D eigenvalue weighted by atomic mass is 31.2. The van der Waals surface area contributed by atoms with Crippen LogP contribution in [0.3, 0.4) is 0 Å². The fourth-order valence-corrected chi connectivity index (χ4v) is 11.3. The molecule has 3 N–H and O–H groups in total. The fraction of sp³-hybridized carbons (Fsp3) is 0.873. The molecule has 0 saturated heterocycles. The van der Waals surface area contributed by atoms with Crippen molar-refractivity contribution < 1.29 is 32.9 Å². The Morgan fingerprint density at radius 2 is 0.713 bits per heavy atom. The SMILES string of the molecule is CCCCCCC/C=C\C/C=C\C/C=C\CCCCCCCCCCCCCCCCCCC(=O)NC(COP(=O)(O)OCC[N+](C)(C)C)C(O)/C=C/CCCCCCCCCCCCCCCCCCCCCCCCCCC. The molecule has 0 aromatic heterocycles. The Labute approximate surface area is 499 Å². The monoisotopic (exact) mass is 1150 g/mol. The molecule has 0 heterocycles. The molecule has 0 aliphatic carbocycles. The van der Waals surface area contributed by atoms with Gasteiger partial charge in [0.25, 0.3) is 0 Å². The Kier molecular flexibility index (Phi) is 60.8. The van der Waals surface area contributed by atoms with Gasteiger partial charge in [-0.15, -0.1) is 0 Å². The first kappa shape index (κ1) is 78.5. The second-order valence-corrected chi connectivity index (χ2v) is 26.7. The number of hydrogen-bond acceptors (Lipinski definition) is 5. The summed E-state index contributed by atoms with van der Waals surface area (Å²) in [6, 6.07) is -0.849. The summed E-state index contributed by atoms with van der Waals surface area (Å²) >= 11 is 0. The summed E-state index contributed by atoms with van der Waals surface area (Å²) < 4.78 is 23.8. The van der Waals surface area contributed by atoms with Gasteiger partial charge in [-0.05, 0) is 57.8 Å². The van der Waals surface area contributed by atoms with E-state index in [2.05, 4.69) is 55.6 Å². The van der Waals surface area contributed by atoms with Crippen molar-refractivity contribution in [1.29, 1.82) is 0 Å². The number of rotatable bonds is 65. The minimum Gasteiger partial charge on any atom is -0.387 e. The van der Waals surface area contributed by atoms with Crippen molar-refractivity contribution in [2.24, 2.45) is 0 Å². The standard InChI is InChI=1S/C71H137N2O6P/c1-6-8-10-12-14-16-18-20-22-24-26-28-30-32-34-35-36-37-39-41-43-45-47-49-51-53-55-57-59-61-63-65-71(75)72-69(68-79-80(76,77)78-67-66-73(3,4)5)70(74)64-62-60-58-56-54-52-50-48-46-44-42-40-38-33-31-29-27-25-23-21-19-17-15-13-11-9-7-2/h18,20,24,26,30,32,62,64,69-70,74H,6-17,19,21-23,25,27-29,31,33-61,63,65-68H2,1-5H3,(H-,72,75,76,77)/p+1/b20-18-,26-24-,32-30-,64-62+. The zero-order valence-electron chi connectivity index (χ0n) is 54.1. The number of unbranched alkanes of at least 4 members (excludes halogenated alkanes) is 46. The van der Waals surface area contributed by atoms with E-state index in [0.717, 1.165) is 51.4 Å². The number of phosphoric acid groups is 1. The number of nitrogens with zero attached hydrogens (tertiary/aromatic N) is 1. The van der Waals surface area contributed by atoms with Gasteiger partial charge in [-0.25, -0.2) is 4.57 Å². The van der Waals surface area contributed by atoms with Crippen LogP contribution >= 0.6 is 7.82 Å². The molecular formula is C71H138N2O6P+. The Hall–Kier alpha value is -1.54. The number of aliphatic hydroxyl groups is 1. The van der Waals surface area contributed by atoms with Crippen LogP contribution < -0.4 is 5.32 Å². The van der Waals surface area contributed by atoms with E-state index in [-0.39, 0.29) is 19.1 Å². The topological polar surface area (TPSA) is 105 Å². The van der Waals surface area contributed by atoms with Gasteiger partial charge in [0, 0.05) is 6.42 Å². The fourth-order valence-electron chi connectivity index (χ4n) is 10.6. The number of amides is 1. The first-order valence-electron chi connectivity index (χ1n) is 35.0. The molecule has 0 aliphatic rings. The maximum atomic E-state index is 13.1. The van der Waals surface area contributed by atoms with Gasteiger partial charge in [0.2, 0.25) is 5.91 Å². The summed E-state index contributed by atoms with van der Waals surface area (Å²) in [4.78, 5) is 23.4. The highest BCUT2D eigenvalue weighted by Gasteiger charge is 2.28. The first-order chi connectivity index (χ1) is 39.0. The Morgan fingerprint density at radius 1 is 0.425 bits per heavy atom. The molecule has 1 amide bonds. The number of phosphoric ester groups is 1. The Balaban J connectivity index is 4.06. The first-order valence-corrected chi connectivity index (χ1v) is 36.5. The van der Waals surface area contributed by atoms with Crippen molar-refractivity contribution in [3.8, 4) is 0 Å². The summed E-state index contributed by atoms with van der Waals surface area (Å²) in [6.07, 6.45) is 83.9. The molecule has 0 spiro atoms. The van der Waals surface area contributed by atoms with Gasteiger partial charge in [0.1, 0.15) is 13.2 Å². The maximum Gasteiger partial charge on any atom is 0.472 e. The number of aliphatic hydroxyl groups excluding tert-OH is 1. The molecule has 8 nitrogen and oxygen atoms in total. The highest BCUT2D eigenvalue weighted by Crippen LogP contribution is 2.43. The van der Waals surface area contributed by atoms with E-state index >= 15 is 0 Å². The molecule has 472 valence electrons. The van der Waals surface area contributed by atoms with Crippen molar-refractivity contribution in [1.82, 2.24) is 5.32 Å². The van der Waals surface area contributed by atoms with Crippen molar-refractivity contribution in [2.45, 2.75) is 360 Å². The largest absolute Gasteiger partial charge is 0.472 e. The van der Waals surface area contributed by atoms with Crippen molar-refractivity contribution in [2.75, 3.05) is 40.9 Å². The van der Waals surface area contributed by atoms with Crippen LogP contribution in [0, 0.1) is 0 Å². The molecule has 9 heteroatoms. The Bertz CT molecular complexity index is 1440. The molecule has 3 atom stereocenters. The normalized spacial score (nSPS) is 13.9. The molecule has 80 heavy (non-hydrogen) atoms. The van der Waals surface area contributed by atoms with Gasteiger partial charge in [-0.3, -0.25) is 13.8 Å². The molecule has 0 bridgehead atoms. The van der Waals surface area contributed by atoms with Crippen molar-refractivity contribution in [3.63, 3.8) is 0 Å². The van der Waals surface area contributed by atoms with Crippen molar-refractivity contribution in [3.05, 3.63) is 48.6 Å². The quantitative estimate of drug-likeness (QED) is 0.0243. The number of likely N-dealkylation sites (N-methyl/N-ethyl adjacent to an activating group) is 1. The van der Waals surface area contributed by atoms with E-state index in [4.69, 9.17) is 9.05 Å². The van der Waals surface area contributed by atoms with Gasteiger partial charge in [-0.2, -0.15) is 0 Å². The minimum absolute atomic E-state index is 0.0623. The number of quaternary nitrogens is 1. The molecule has 0 saturated carbocycles. The molecule has 0 aliphatic heterocycles. The van der Waals surface area contributed by atoms with E-state index in [9.17, 15) is 19.4 Å². The lowest BCUT2D eigenvalue weighted by Crippen LogP contribution is -2.45. The molecule has 0 rings (SSSR count). The third-order valence-electron chi connectivity index (χ3n) is 16.0. The second kappa shape index (κ2) is 62.0. The van der Waals surface area contributed by atoms with E-state index in [0.29, 0.717) is 17.4 Å². The summed E-state index contributed by atoms with van der Waals surface area (Å²) in [5, 5.41) is 14.0. The van der Waals surface area contributed by atoms with Gasteiger partial charge >= 0.3 is 7.82 Å². The number of nitrogens with one attached hydrogen (secondary N) is 1. The number of hydrogen-bond donors (Lipinski definition) is 3. The predicted octanol–water partition coefficient (Wildman–Crippen LogP) is 22.2. The minimum atomic E-state index is -4.35. The summed E-state index contributed by atoms with van der Waals surface area (Å²) in [5.74, 6) is -0.172. The number of carbonyl (C=O) groups is 1. The molecule has 3 unspecified atom stereocenters. The van der Waals surface area contributed by atoms with Gasteiger partial charge in [0.05, 0.1) is 39.9 Å². The van der Waals surface area contributed by atoms with Gasteiger partial charge in [0.15, 0.2) is 0 Å². The maximum absolute atomic E-state index is 13.1. The van der Waals surface area contributed by atoms with Crippen LogP contribution in [0.15, 0.2) is 48.6 Å². The van der Waals surface area contributed by atoms with Crippen LogP contribution in [0.25, 0.3) is 0 Å². The van der Waals surface area contributed by atoms with Crippen LogP contribution in [0.2, 0.25) is 0 Å². The van der Waals surface area contributed by atoms with E-state index in [1.165, 1.54) is 276 Å². The Morgan fingerprint density at radius 3 is 1.04 bits per heavy atom. The zero-order chi connectivity index (χ0) is 58.4. The smallest absolute Gasteiger partial charge is 0.387 e. The predicted molar refractivity (Wildman–Crippen MR) is 351 cm³/mol. The van der Waals surface area contributed by atoms with Gasteiger partial charge in [-0.1, -0.05) is 332 Å². The average Bonchev–Trinajstić information content (AvgIpc) is 3.42. The lowest BCUT2D eigenvalue weighted by Gasteiger charge is -2.25. The van der Waals surface area contributed by atoms with Crippen LogP contribution in [0.1, 0.15) is 348 Å². The van der Waals surface area contributed by atoms with Crippen LogP contribution in [-0.4, -0.2) is 73.4 Å². The molecular weight excluding hydrogens is 1010 g/mol. The molecule has 0 aromatic carbocycles. The molecule has 0 radical (unpaired) electrons. The van der Waals surface area contributed by atoms with E-state index < -0.39 is 20.0 Å².